The molecule has 194 valence electrons. The van der Waals surface area contributed by atoms with E-state index in [9.17, 15) is 13.2 Å². The first-order valence-corrected chi connectivity index (χ1v) is 13.2. The summed E-state index contributed by atoms with van der Waals surface area (Å²) in [5.41, 5.74) is 3.66. The average Bonchev–Trinajstić information content (AvgIpc) is 3.44. The number of nitrogens with one attached hydrogen (secondary N) is 1. The van der Waals surface area contributed by atoms with Crippen molar-refractivity contribution in [3.63, 3.8) is 0 Å². The molecule has 0 saturated heterocycles. The molecule has 0 saturated carbocycles. The lowest BCUT2D eigenvalue weighted by atomic mass is 10.1. The van der Waals surface area contributed by atoms with Gasteiger partial charge in [0.25, 0.3) is 10.0 Å². The molecule has 0 fully saturated rings. The zero-order valence-corrected chi connectivity index (χ0v) is 22.5. The molecule has 0 spiro atoms. The predicted octanol–water partition coefficient (Wildman–Crippen LogP) is 5.90. The summed E-state index contributed by atoms with van der Waals surface area (Å²) in [4.78, 5) is 17.4. The zero-order chi connectivity index (χ0) is 26.0. The lowest BCUT2D eigenvalue weighted by Gasteiger charge is -2.27. The molecule has 1 amide bonds. The van der Waals surface area contributed by atoms with Crippen LogP contribution in [0.2, 0.25) is 0 Å². The molecule has 0 bridgehead atoms. The number of carbonyl (C=O) groups is 1. The largest absolute Gasteiger partial charge is 0.325 e. The number of fused-ring (bicyclic) bond motifs is 1. The second kappa shape index (κ2) is 11.1. The molecule has 1 aromatic heterocycles. The Hall–Kier alpha value is -4.14. The van der Waals surface area contributed by atoms with Crippen molar-refractivity contribution in [3.05, 3.63) is 115 Å². The van der Waals surface area contributed by atoms with Crippen molar-refractivity contribution in [1.29, 1.82) is 0 Å². The first-order chi connectivity index (χ1) is 17.8. The number of hydrogen-bond donors (Lipinski definition) is 1. The van der Waals surface area contributed by atoms with Crippen LogP contribution in [0, 0.1) is 13.8 Å². The molecular formula is C29H27ClN4O3S. The number of aromatic nitrogens is 2. The van der Waals surface area contributed by atoms with Gasteiger partial charge in [-0.25, -0.2) is 13.4 Å². The molecule has 0 aliphatic carbocycles. The third kappa shape index (κ3) is 5.27. The first kappa shape index (κ1) is 26.9. The maximum Gasteiger partial charge on any atom is 0.265 e. The lowest BCUT2D eigenvalue weighted by molar-refractivity contribution is -0.114. The second-order valence-electron chi connectivity index (χ2n) is 8.77. The summed E-state index contributed by atoms with van der Waals surface area (Å²) >= 11 is 0. The van der Waals surface area contributed by atoms with Gasteiger partial charge in [0.2, 0.25) is 5.91 Å². The van der Waals surface area contributed by atoms with Gasteiger partial charge in [0.15, 0.2) is 0 Å². The molecule has 0 radical (unpaired) electrons. The fourth-order valence-corrected chi connectivity index (χ4v) is 6.00. The zero-order valence-electron chi connectivity index (χ0n) is 20.9. The number of hydrogen-bond acceptors (Lipinski definition) is 4. The Kier molecular flexibility index (Phi) is 7.85. The van der Waals surface area contributed by atoms with Crippen molar-refractivity contribution in [2.24, 2.45) is 0 Å². The first-order valence-electron chi connectivity index (χ1n) is 11.8. The van der Waals surface area contributed by atoms with Crippen LogP contribution in [0.25, 0.3) is 16.5 Å². The number of rotatable bonds is 7. The molecule has 5 aromatic rings. The van der Waals surface area contributed by atoms with Crippen molar-refractivity contribution in [2.75, 3.05) is 16.2 Å². The Labute approximate surface area is 228 Å². The van der Waals surface area contributed by atoms with Crippen LogP contribution in [0.5, 0.6) is 0 Å². The van der Waals surface area contributed by atoms with Gasteiger partial charge >= 0.3 is 0 Å². The van der Waals surface area contributed by atoms with Gasteiger partial charge in [0.1, 0.15) is 6.54 Å². The molecular weight excluding hydrogens is 520 g/mol. The van der Waals surface area contributed by atoms with Gasteiger partial charge < -0.3 is 9.88 Å². The van der Waals surface area contributed by atoms with Crippen molar-refractivity contribution in [3.8, 4) is 5.69 Å². The van der Waals surface area contributed by atoms with E-state index >= 15 is 0 Å². The maximum atomic E-state index is 14.1. The van der Waals surface area contributed by atoms with Gasteiger partial charge in [0.05, 0.1) is 16.9 Å². The van der Waals surface area contributed by atoms with Crippen LogP contribution >= 0.6 is 12.4 Å². The minimum absolute atomic E-state index is 0. The monoisotopic (exact) mass is 546 g/mol. The quantitative estimate of drug-likeness (QED) is 0.275. The van der Waals surface area contributed by atoms with Crippen LogP contribution in [0.3, 0.4) is 0 Å². The minimum Gasteiger partial charge on any atom is -0.325 e. The Morgan fingerprint density at radius 2 is 1.63 bits per heavy atom. The number of halogens is 1. The van der Waals surface area contributed by atoms with Crippen molar-refractivity contribution < 1.29 is 13.2 Å². The van der Waals surface area contributed by atoms with Gasteiger partial charge in [-0.2, -0.15) is 0 Å². The third-order valence-corrected chi connectivity index (χ3v) is 8.22. The van der Waals surface area contributed by atoms with E-state index in [1.54, 1.807) is 55.0 Å². The van der Waals surface area contributed by atoms with E-state index in [0.29, 0.717) is 16.8 Å². The molecule has 0 atom stereocenters. The summed E-state index contributed by atoms with van der Waals surface area (Å²) in [7, 11) is -4.08. The number of carbonyl (C=O) groups excluding carboxylic acids is 1. The summed E-state index contributed by atoms with van der Waals surface area (Å²) in [5, 5.41) is 4.26. The minimum atomic E-state index is -4.08. The molecule has 0 aliphatic heterocycles. The van der Waals surface area contributed by atoms with E-state index in [1.165, 1.54) is 4.31 Å². The predicted molar refractivity (Wildman–Crippen MR) is 154 cm³/mol. The highest BCUT2D eigenvalue weighted by atomic mass is 35.5. The average molecular weight is 547 g/mol. The lowest BCUT2D eigenvalue weighted by Crippen LogP contribution is -2.38. The van der Waals surface area contributed by atoms with E-state index in [-0.39, 0.29) is 23.8 Å². The van der Waals surface area contributed by atoms with E-state index in [4.69, 9.17) is 0 Å². The Morgan fingerprint density at radius 1 is 0.921 bits per heavy atom. The van der Waals surface area contributed by atoms with Gasteiger partial charge in [0, 0.05) is 29.2 Å². The number of benzene rings is 4. The van der Waals surface area contributed by atoms with Crippen LogP contribution in [-0.2, 0) is 14.8 Å². The number of imidazole rings is 1. The highest BCUT2D eigenvalue weighted by molar-refractivity contribution is 7.93. The summed E-state index contributed by atoms with van der Waals surface area (Å²) in [5.74, 6) is -0.444. The molecule has 5 rings (SSSR count). The molecule has 1 N–H and O–H groups in total. The van der Waals surface area contributed by atoms with E-state index in [2.05, 4.69) is 10.3 Å². The maximum absolute atomic E-state index is 14.1. The van der Waals surface area contributed by atoms with E-state index < -0.39 is 15.9 Å². The van der Waals surface area contributed by atoms with Gasteiger partial charge in [-0.1, -0.05) is 48.5 Å². The second-order valence-corrected chi connectivity index (χ2v) is 10.6. The molecule has 0 aliphatic rings. The van der Waals surface area contributed by atoms with Crippen LogP contribution in [0.15, 0.2) is 109 Å². The highest BCUT2D eigenvalue weighted by Crippen LogP contribution is 2.32. The van der Waals surface area contributed by atoms with Crippen LogP contribution in [-0.4, -0.2) is 30.4 Å². The molecule has 7 nitrogen and oxygen atoms in total. The van der Waals surface area contributed by atoms with Crippen molar-refractivity contribution >= 4 is 50.5 Å². The van der Waals surface area contributed by atoms with Gasteiger partial charge in [-0.3, -0.25) is 9.10 Å². The smallest absolute Gasteiger partial charge is 0.265 e. The molecule has 9 heteroatoms. The van der Waals surface area contributed by atoms with Crippen LogP contribution in [0.1, 0.15) is 11.1 Å². The molecule has 0 unspecified atom stereocenters. The number of aryl methyl sites for hydroxylation is 1. The summed E-state index contributed by atoms with van der Waals surface area (Å²) in [6, 6.07) is 25.2. The van der Waals surface area contributed by atoms with Crippen LogP contribution < -0.4 is 9.62 Å². The van der Waals surface area contributed by atoms with Crippen molar-refractivity contribution in [2.45, 2.75) is 18.7 Å². The fraction of sp³-hybridized carbons (Fsp3) is 0.103. The SMILES string of the molecule is Cc1cccc(N(CC(=O)Nc2ccc(-n3ccnc3)cc2)S(=O)(=O)c2cccc3ccccc23)c1C.Cl. The number of sulfonamides is 1. The summed E-state index contributed by atoms with van der Waals surface area (Å²) in [6.45, 7) is 3.41. The summed E-state index contributed by atoms with van der Waals surface area (Å²) < 4.78 is 31.3. The van der Waals surface area contributed by atoms with Crippen LogP contribution in [0.4, 0.5) is 11.4 Å². The number of nitrogens with zero attached hydrogens (tertiary/aromatic N) is 3. The van der Waals surface area contributed by atoms with E-state index in [1.807, 2.05) is 67.1 Å². The number of amides is 1. The molecule has 4 aromatic carbocycles. The Balaban J connectivity index is 0.00000336. The highest BCUT2D eigenvalue weighted by Gasteiger charge is 2.30. The standard InChI is InChI=1S/C29H26N4O3S.ClH/c1-21-7-5-11-27(22(21)2)33(37(35,36)28-12-6-9-23-8-3-4-10-26(23)28)19-29(34)31-24-13-15-25(16-14-24)32-18-17-30-20-32;/h3-18,20H,19H2,1-2H3,(H,31,34);1H. The fourth-order valence-electron chi connectivity index (χ4n) is 4.30. The number of anilines is 2. The normalized spacial score (nSPS) is 11.1. The summed E-state index contributed by atoms with van der Waals surface area (Å²) in [6.07, 6.45) is 5.20. The third-order valence-electron chi connectivity index (χ3n) is 6.40. The van der Waals surface area contributed by atoms with E-state index in [0.717, 1.165) is 22.2 Å². The van der Waals surface area contributed by atoms with Gasteiger partial charge in [-0.15, -0.1) is 12.4 Å². The Morgan fingerprint density at radius 3 is 2.37 bits per heavy atom. The molecule has 1 heterocycles. The topological polar surface area (TPSA) is 84.3 Å². The Bertz CT molecular complexity index is 1680. The van der Waals surface area contributed by atoms with Crippen molar-refractivity contribution in [1.82, 2.24) is 9.55 Å². The van der Waals surface area contributed by atoms with Gasteiger partial charge in [-0.05, 0) is 66.8 Å². The molecule has 38 heavy (non-hydrogen) atoms.